The molecule has 4 heteroatoms. The third-order valence-corrected chi connectivity index (χ3v) is 4.03. The molecule has 0 radical (unpaired) electrons. The number of amides is 1. The average Bonchev–Trinajstić information content (AvgIpc) is 2.91. The molecule has 2 atom stereocenters. The molecular weight excluding hydrogens is 228 g/mol. The lowest BCUT2D eigenvalue weighted by Gasteiger charge is -2.23. The first kappa shape index (κ1) is 13.8. The second-order valence-electron chi connectivity index (χ2n) is 5.55. The molecular formula is C14H26N2O2. The van der Waals surface area contributed by atoms with Crippen LogP contribution in [0.25, 0.3) is 0 Å². The average molecular weight is 254 g/mol. The maximum atomic E-state index is 11.7. The zero-order valence-corrected chi connectivity index (χ0v) is 11.2. The van der Waals surface area contributed by atoms with Crippen molar-refractivity contribution in [3.05, 3.63) is 0 Å². The smallest absolute Gasteiger partial charge is 0.220 e. The number of hydrogen-bond acceptors (Lipinski definition) is 3. The Morgan fingerprint density at radius 1 is 1.28 bits per heavy atom. The van der Waals surface area contributed by atoms with E-state index in [2.05, 4.69) is 10.6 Å². The van der Waals surface area contributed by atoms with Crippen LogP contribution in [0.1, 0.15) is 44.9 Å². The molecule has 2 N–H and O–H groups in total. The van der Waals surface area contributed by atoms with Crippen molar-refractivity contribution in [3.63, 3.8) is 0 Å². The summed E-state index contributed by atoms with van der Waals surface area (Å²) >= 11 is 0. The summed E-state index contributed by atoms with van der Waals surface area (Å²) in [5, 5.41) is 6.51. The lowest BCUT2D eigenvalue weighted by Crippen LogP contribution is -2.35. The van der Waals surface area contributed by atoms with Gasteiger partial charge in [0.2, 0.25) is 5.91 Å². The molecule has 2 aliphatic rings. The highest BCUT2D eigenvalue weighted by atomic mass is 16.5. The Hall–Kier alpha value is -0.610. The number of piperidine rings is 1. The Morgan fingerprint density at radius 2 is 2.22 bits per heavy atom. The van der Waals surface area contributed by atoms with Crippen LogP contribution in [0.2, 0.25) is 0 Å². The summed E-state index contributed by atoms with van der Waals surface area (Å²) in [6, 6.07) is 0.563. The first-order valence-corrected chi connectivity index (χ1v) is 7.42. The van der Waals surface area contributed by atoms with Crippen molar-refractivity contribution in [2.24, 2.45) is 5.92 Å². The third-order valence-electron chi connectivity index (χ3n) is 4.03. The van der Waals surface area contributed by atoms with Crippen molar-refractivity contribution in [1.29, 1.82) is 0 Å². The molecule has 104 valence electrons. The Kier molecular flexibility index (Phi) is 5.94. The van der Waals surface area contributed by atoms with Crippen LogP contribution in [0.4, 0.5) is 0 Å². The van der Waals surface area contributed by atoms with Crippen molar-refractivity contribution >= 4 is 5.91 Å². The van der Waals surface area contributed by atoms with Gasteiger partial charge < -0.3 is 15.4 Å². The molecule has 0 aliphatic carbocycles. The van der Waals surface area contributed by atoms with Gasteiger partial charge in [-0.15, -0.1) is 0 Å². The van der Waals surface area contributed by atoms with Crippen molar-refractivity contribution < 1.29 is 9.53 Å². The summed E-state index contributed by atoms with van der Waals surface area (Å²) in [7, 11) is 0. The maximum Gasteiger partial charge on any atom is 0.220 e. The molecule has 4 nitrogen and oxygen atoms in total. The van der Waals surface area contributed by atoms with E-state index in [1.54, 1.807) is 0 Å². The molecule has 2 aliphatic heterocycles. The van der Waals surface area contributed by atoms with Gasteiger partial charge in [0.15, 0.2) is 0 Å². The van der Waals surface area contributed by atoms with Gasteiger partial charge in [-0.05, 0) is 44.6 Å². The van der Waals surface area contributed by atoms with Gasteiger partial charge in [-0.2, -0.15) is 0 Å². The van der Waals surface area contributed by atoms with Crippen molar-refractivity contribution in [2.45, 2.75) is 51.0 Å². The molecule has 0 saturated carbocycles. The highest BCUT2D eigenvalue weighted by Crippen LogP contribution is 2.15. The van der Waals surface area contributed by atoms with E-state index in [0.29, 0.717) is 18.4 Å². The molecule has 2 rings (SSSR count). The summed E-state index contributed by atoms with van der Waals surface area (Å²) in [6.45, 7) is 3.70. The van der Waals surface area contributed by atoms with Crippen LogP contribution in [0.3, 0.4) is 0 Å². The summed E-state index contributed by atoms with van der Waals surface area (Å²) < 4.78 is 5.32. The molecule has 0 spiro atoms. The lowest BCUT2D eigenvalue weighted by atomic mass is 10.0. The van der Waals surface area contributed by atoms with E-state index in [-0.39, 0.29) is 5.91 Å². The van der Waals surface area contributed by atoms with Crippen LogP contribution in [-0.2, 0) is 9.53 Å². The van der Waals surface area contributed by atoms with E-state index in [1.165, 1.54) is 19.3 Å². The predicted molar refractivity (Wildman–Crippen MR) is 71.4 cm³/mol. The molecule has 2 fully saturated rings. The van der Waals surface area contributed by atoms with E-state index in [4.69, 9.17) is 4.74 Å². The molecule has 1 amide bonds. The van der Waals surface area contributed by atoms with Gasteiger partial charge in [-0.1, -0.05) is 6.42 Å². The SMILES string of the molecule is O=C(CCC1CCCCN1)NCCC1CCOC1. The second kappa shape index (κ2) is 7.74. The van der Waals surface area contributed by atoms with Crippen LogP contribution >= 0.6 is 0 Å². The number of ether oxygens (including phenoxy) is 1. The molecule has 0 aromatic rings. The van der Waals surface area contributed by atoms with E-state index < -0.39 is 0 Å². The predicted octanol–water partition coefficient (Wildman–Crippen LogP) is 1.45. The fourth-order valence-corrected chi connectivity index (χ4v) is 2.79. The Bertz CT molecular complexity index is 246. The molecule has 0 bridgehead atoms. The van der Waals surface area contributed by atoms with Crippen molar-refractivity contribution in [1.82, 2.24) is 10.6 Å². The van der Waals surface area contributed by atoms with Gasteiger partial charge in [0.25, 0.3) is 0 Å². The molecule has 0 aromatic carbocycles. The maximum absolute atomic E-state index is 11.7. The fraction of sp³-hybridized carbons (Fsp3) is 0.929. The van der Waals surface area contributed by atoms with Gasteiger partial charge >= 0.3 is 0 Å². The molecule has 0 aromatic heterocycles. The fourth-order valence-electron chi connectivity index (χ4n) is 2.79. The molecule has 2 heterocycles. The van der Waals surface area contributed by atoms with Crippen LogP contribution in [-0.4, -0.2) is 38.3 Å². The molecule has 2 unspecified atom stereocenters. The number of carbonyl (C=O) groups is 1. The monoisotopic (exact) mass is 254 g/mol. The third kappa shape index (κ3) is 4.94. The zero-order chi connectivity index (χ0) is 12.6. The number of rotatable bonds is 6. The zero-order valence-electron chi connectivity index (χ0n) is 11.2. The molecule has 2 saturated heterocycles. The van der Waals surface area contributed by atoms with Gasteiger partial charge in [-0.25, -0.2) is 0 Å². The molecule has 18 heavy (non-hydrogen) atoms. The quantitative estimate of drug-likeness (QED) is 0.754. The van der Waals surface area contributed by atoms with Crippen LogP contribution in [0, 0.1) is 5.92 Å². The second-order valence-corrected chi connectivity index (χ2v) is 5.55. The minimum absolute atomic E-state index is 0.210. The topological polar surface area (TPSA) is 50.4 Å². The minimum atomic E-state index is 0.210. The van der Waals surface area contributed by atoms with Gasteiger partial charge in [-0.3, -0.25) is 4.79 Å². The minimum Gasteiger partial charge on any atom is -0.381 e. The summed E-state index contributed by atoms with van der Waals surface area (Å²) in [4.78, 5) is 11.7. The van der Waals surface area contributed by atoms with Crippen LogP contribution < -0.4 is 10.6 Å². The largest absolute Gasteiger partial charge is 0.381 e. The van der Waals surface area contributed by atoms with E-state index in [1.807, 2.05) is 0 Å². The first-order valence-electron chi connectivity index (χ1n) is 7.42. The van der Waals surface area contributed by atoms with Crippen LogP contribution in [0.5, 0.6) is 0 Å². The standard InChI is InChI=1S/C14H26N2O2/c17-14(5-4-13-3-1-2-8-15-13)16-9-6-12-7-10-18-11-12/h12-13,15H,1-11H2,(H,16,17). The van der Waals surface area contributed by atoms with Gasteiger partial charge in [0.05, 0.1) is 0 Å². The Balaban J connectivity index is 1.49. The van der Waals surface area contributed by atoms with Crippen LogP contribution in [0.15, 0.2) is 0 Å². The summed E-state index contributed by atoms with van der Waals surface area (Å²) in [5.41, 5.74) is 0. The highest BCUT2D eigenvalue weighted by molar-refractivity contribution is 5.75. The van der Waals surface area contributed by atoms with Gasteiger partial charge in [0.1, 0.15) is 0 Å². The normalized spacial score (nSPS) is 28.2. The van der Waals surface area contributed by atoms with Crippen molar-refractivity contribution in [3.8, 4) is 0 Å². The number of nitrogens with one attached hydrogen (secondary N) is 2. The first-order chi connectivity index (χ1) is 8.84. The van der Waals surface area contributed by atoms with E-state index in [0.717, 1.165) is 45.6 Å². The number of carbonyl (C=O) groups excluding carboxylic acids is 1. The van der Waals surface area contributed by atoms with E-state index >= 15 is 0 Å². The summed E-state index contributed by atoms with van der Waals surface area (Å²) in [5.74, 6) is 0.867. The lowest BCUT2D eigenvalue weighted by molar-refractivity contribution is -0.121. The Labute approximate surface area is 110 Å². The van der Waals surface area contributed by atoms with E-state index in [9.17, 15) is 4.79 Å². The van der Waals surface area contributed by atoms with Crippen molar-refractivity contribution in [2.75, 3.05) is 26.3 Å². The summed E-state index contributed by atoms with van der Waals surface area (Å²) in [6.07, 6.45) is 7.69. The Morgan fingerprint density at radius 3 is 2.94 bits per heavy atom. The number of hydrogen-bond donors (Lipinski definition) is 2. The van der Waals surface area contributed by atoms with Gasteiger partial charge in [0, 0.05) is 32.2 Å². The highest BCUT2D eigenvalue weighted by Gasteiger charge is 2.16.